The molecule has 2 aromatic carbocycles. The number of ether oxygens (including phenoxy) is 2. The van der Waals surface area contributed by atoms with Crippen LogP contribution in [0.5, 0.6) is 17.4 Å². The monoisotopic (exact) mass is 546 g/mol. The molecule has 0 aliphatic heterocycles. The summed E-state index contributed by atoms with van der Waals surface area (Å²) in [6.07, 6.45) is -3.79. The van der Waals surface area contributed by atoms with Crippen LogP contribution in [0, 0.1) is 17.5 Å². The summed E-state index contributed by atoms with van der Waals surface area (Å²) in [6.45, 7) is 2.81. The zero-order valence-corrected chi connectivity index (χ0v) is 20.6. The van der Waals surface area contributed by atoms with Gasteiger partial charge >= 0.3 is 6.18 Å². The fourth-order valence-corrected chi connectivity index (χ4v) is 4.03. The van der Waals surface area contributed by atoms with Gasteiger partial charge in [0.05, 0.1) is 16.3 Å². The molecule has 0 saturated heterocycles. The van der Waals surface area contributed by atoms with Crippen molar-refractivity contribution >= 4 is 32.9 Å². The van der Waals surface area contributed by atoms with E-state index in [1.165, 1.54) is 36.6 Å². The number of aromatic nitrogens is 2. The third-order valence-electron chi connectivity index (χ3n) is 4.73. The lowest BCUT2D eigenvalue weighted by Gasteiger charge is -2.17. The number of amides is 1. The first-order valence-electron chi connectivity index (χ1n) is 10.1. The van der Waals surface area contributed by atoms with E-state index in [2.05, 4.69) is 15.5 Å². The second-order valence-corrected chi connectivity index (χ2v) is 9.94. The highest BCUT2D eigenvalue weighted by Gasteiger charge is 2.38. The van der Waals surface area contributed by atoms with E-state index in [9.17, 15) is 26.6 Å². The number of rotatable bonds is 7. The lowest BCUT2D eigenvalue weighted by Crippen LogP contribution is -2.21. The third kappa shape index (κ3) is 5.85. The van der Waals surface area contributed by atoms with Crippen LogP contribution in [0.2, 0.25) is 5.02 Å². The van der Waals surface area contributed by atoms with Crippen molar-refractivity contribution in [2.45, 2.75) is 24.9 Å². The average molecular weight is 547 g/mol. The van der Waals surface area contributed by atoms with Gasteiger partial charge in [-0.05, 0) is 49.7 Å². The lowest BCUT2D eigenvalue weighted by molar-refractivity contribution is -0.142. The summed E-state index contributed by atoms with van der Waals surface area (Å²) in [4.78, 5) is 13.2. The summed E-state index contributed by atoms with van der Waals surface area (Å²) >= 11 is 6.14. The van der Waals surface area contributed by atoms with Crippen LogP contribution >= 0.6 is 11.6 Å². The van der Waals surface area contributed by atoms with E-state index in [-0.39, 0.29) is 28.0 Å². The number of benzene rings is 2. The molecule has 14 heteroatoms. The molecule has 8 nitrogen and oxygen atoms in total. The largest absolute Gasteiger partial charge is 0.492 e. The number of carbonyl (C=O) groups excluding carboxylic acids is 1. The number of alkyl halides is 3. The maximum atomic E-state index is 14.5. The molecular formula is C22H19ClF4N4O4S. The first-order valence-corrected chi connectivity index (χ1v) is 12.5. The van der Waals surface area contributed by atoms with Crippen LogP contribution in [0.25, 0.3) is 0 Å². The summed E-state index contributed by atoms with van der Waals surface area (Å²) in [5.41, 5.74) is -2.75. The van der Waals surface area contributed by atoms with Crippen molar-refractivity contribution in [3.8, 4) is 17.4 Å². The average Bonchev–Trinajstić information content (AvgIpc) is 2.77. The molecule has 1 atom stereocenters. The number of halogens is 5. The van der Waals surface area contributed by atoms with Crippen LogP contribution in [0.1, 0.15) is 28.5 Å². The van der Waals surface area contributed by atoms with Gasteiger partial charge < -0.3 is 14.8 Å². The summed E-state index contributed by atoms with van der Waals surface area (Å²) in [5, 5.41) is 8.54. The van der Waals surface area contributed by atoms with Gasteiger partial charge in [0.2, 0.25) is 0 Å². The Bertz CT molecular complexity index is 1430. The topological polar surface area (TPSA) is 114 Å². The van der Waals surface area contributed by atoms with Crippen molar-refractivity contribution < 1.29 is 36.0 Å². The summed E-state index contributed by atoms with van der Waals surface area (Å²) in [6, 6.07) is 7.62. The first kappa shape index (κ1) is 27.1. The molecule has 0 bridgehead atoms. The molecule has 36 heavy (non-hydrogen) atoms. The highest BCUT2D eigenvalue weighted by atomic mass is 35.5. The molecule has 0 aliphatic rings. The molecule has 0 saturated carbocycles. The number of hydrogen-bond acceptors (Lipinski definition) is 7. The fraction of sp³-hybridized carbons (Fsp3) is 0.227. The molecule has 3 aromatic rings. The first-order chi connectivity index (χ1) is 16.7. The van der Waals surface area contributed by atoms with Gasteiger partial charge in [-0.2, -0.15) is 13.2 Å². The van der Waals surface area contributed by atoms with E-state index in [1.807, 2.05) is 0 Å². The third-order valence-corrected chi connectivity index (χ3v) is 6.25. The minimum Gasteiger partial charge on any atom is -0.492 e. The molecule has 1 amide bonds. The Morgan fingerprint density at radius 3 is 2.53 bits per heavy atom. The second kappa shape index (κ2) is 10.3. The zero-order chi connectivity index (χ0) is 26.8. The van der Waals surface area contributed by atoms with E-state index in [0.29, 0.717) is 0 Å². The standard InChI is InChI=1S/C22H19ClF4N4O4S/c1-4-34-15-9-8-14(24)18(17(15)23)35-21-16(11(2)19(30-31-21)22(25,26)27)20(32)29-12-6-5-7-13(10-12)36(3,28)33/h5-10,28H,4H2,1-3H3,(H,29,32). The molecule has 0 radical (unpaired) electrons. The van der Waals surface area contributed by atoms with Crippen molar-refractivity contribution in [2.75, 3.05) is 18.2 Å². The van der Waals surface area contributed by atoms with Gasteiger partial charge in [0.15, 0.2) is 17.3 Å². The maximum absolute atomic E-state index is 14.5. The van der Waals surface area contributed by atoms with Crippen molar-refractivity contribution in [2.24, 2.45) is 0 Å². The van der Waals surface area contributed by atoms with Crippen molar-refractivity contribution in [1.82, 2.24) is 10.2 Å². The van der Waals surface area contributed by atoms with Crippen LogP contribution in [0.4, 0.5) is 23.2 Å². The van der Waals surface area contributed by atoms with Crippen LogP contribution < -0.4 is 14.8 Å². The molecule has 192 valence electrons. The zero-order valence-electron chi connectivity index (χ0n) is 19.0. The van der Waals surface area contributed by atoms with E-state index in [0.717, 1.165) is 13.0 Å². The quantitative estimate of drug-likeness (QED) is 0.347. The highest BCUT2D eigenvalue weighted by molar-refractivity contribution is 7.91. The Balaban J connectivity index is 2.12. The van der Waals surface area contributed by atoms with Gasteiger partial charge in [-0.25, -0.2) is 13.4 Å². The van der Waals surface area contributed by atoms with Gasteiger partial charge in [-0.15, -0.1) is 10.2 Å². The smallest absolute Gasteiger partial charge is 0.435 e. The number of anilines is 1. The predicted molar refractivity (Wildman–Crippen MR) is 124 cm³/mol. The van der Waals surface area contributed by atoms with Gasteiger partial charge in [0, 0.05) is 16.8 Å². The van der Waals surface area contributed by atoms with Gasteiger partial charge in [-0.1, -0.05) is 17.7 Å². The molecule has 0 fully saturated rings. The number of carbonyl (C=O) groups is 1. The van der Waals surface area contributed by atoms with Gasteiger partial charge in [0.25, 0.3) is 11.8 Å². The summed E-state index contributed by atoms with van der Waals surface area (Å²) in [5.74, 6) is -3.44. The Morgan fingerprint density at radius 2 is 1.92 bits per heavy atom. The van der Waals surface area contributed by atoms with Crippen LogP contribution in [0.15, 0.2) is 41.3 Å². The normalized spacial score (nSPS) is 13.1. The maximum Gasteiger partial charge on any atom is 0.435 e. The van der Waals surface area contributed by atoms with Gasteiger partial charge in [-0.3, -0.25) is 4.79 Å². The van der Waals surface area contributed by atoms with Crippen molar-refractivity contribution in [1.29, 1.82) is 4.78 Å². The highest BCUT2D eigenvalue weighted by Crippen LogP contribution is 2.41. The Labute approximate surface area is 208 Å². The van der Waals surface area contributed by atoms with E-state index >= 15 is 0 Å². The molecule has 2 N–H and O–H groups in total. The van der Waals surface area contributed by atoms with Crippen LogP contribution in [-0.2, 0) is 15.9 Å². The minimum absolute atomic E-state index is 0.0357. The van der Waals surface area contributed by atoms with E-state index in [1.54, 1.807) is 6.92 Å². The second-order valence-electron chi connectivity index (χ2n) is 7.40. The Kier molecular flexibility index (Phi) is 7.74. The van der Waals surface area contributed by atoms with Crippen LogP contribution in [-0.4, -0.2) is 33.2 Å². The molecule has 0 spiro atoms. The number of hydrogen-bond donors (Lipinski definition) is 2. The molecule has 1 heterocycles. The molecule has 1 aromatic heterocycles. The number of nitrogens with one attached hydrogen (secondary N) is 2. The van der Waals surface area contributed by atoms with Crippen molar-refractivity contribution in [3.63, 3.8) is 0 Å². The summed E-state index contributed by atoms with van der Waals surface area (Å²) < 4.78 is 85.4. The molecule has 0 aliphatic carbocycles. The molecule has 1 unspecified atom stereocenters. The van der Waals surface area contributed by atoms with Gasteiger partial charge in [0.1, 0.15) is 16.3 Å². The Morgan fingerprint density at radius 1 is 1.22 bits per heavy atom. The SMILES string of the molecule is CCOc1ccc(F)c(Oc2nnc(C(F)(F)F)c(C)c2C(=O)Nc2cccc(S(C)(=N)=O)c2)c1Cl. The minimum atomic E-state index is -4.96. The van der Waals surface area contributed by atoms with E-state index < -0.39 is 56.1 Å². The molecule has 3 rings (SSSR count). The Hall–Kier alpha value is -3.45. The summed E-state index contributed by atoms with van der Waals surface area (Å²) in [7, 11) is -3.14. The lowest BCUT2D eigenvalue weighted by atomic mass is 10.1. The van der Waals surface area contributed by atoms with Crippen LogP contribution in [0.3, 0.4) is 0 Å². The molecular weight excluding hydrogens is 528 g/mol. The predicted octanol–water partition coefficient (Wildman–Crippen LogP) is 6.08. The number of nitrogens with zero attached hydrogens (tertiary/aromatic N) is 2. The van der Waals surface area contributed by atoms with E-state index in [4.69, 9.17) is 25.9 Å². The fourth-order valence-electron chi connectivity index (χ4n) is 3.09. The van der Waals surface area contributed by atoms with Crippen molar-refractivity contribution in [3.05, 3.63) is 64.1 Å².